The quantitative estimate of drug-likeness (QED) is 0.726. The largest absolute Gasteiger partial charge is 0.497 e. The number of benzene rings is 1. The summed E-state index contributed by atoms with van der Waals surface area (Å²) in [5, 5.41) is 6.93. The molecule has 1 N–H and O–H groups in total. The standard InChI is InChI=1S/C21H30N4O4/c1-15(2)13-20-23-19(24-29-20)10-12-28-18-5-4-11-25(14-18)21(26)22-16-6-8-17(27-3)9-7-16/h6-9,15,18H,4-5,10-14H2,1-3H3,(H,22,26). The number of urea groups is 1. The molecule has 1 atom stereocenters. The van der Waals surface area contributed by atoms with Crippen LogP contribution in [-0.2, 0) is 17.6 Å². The van der Waals surface area contributed by atoms with E-state index in [1.54, 1.807) is 12.0 Å². The maximum Gasteiger partial charge on any atom is 0.321 e. The normalized spacial score (nSPS) is 16.8. The lowest BCUT2D eigenvalue weighted by molar-refractivity contribution is 0.0120. The van der Waals surface area contributed by atoms with Gasteiger partial charge in [0.15, 0.2) is 5.82 Å². The Balaban J connectivity index is 1.42. The second-order valence-electron chi connectivity index (χ2n) is 7.69. The van der Waals surface area contributed by atoms with Crippen molar-refractivity contribution in [2.24, 2.45) is 5.92 Å². The summed E-state index contributed by atoms with van der Waals surface area (Å²) in [6.07, 6.45) is 3.27. The van der Waals surface area contributed by atoms with Gasteiger partial charge in [0.1, 0.15) is 5.75 Å². The molecule has 1 saturated heterocycles. The molecule has 1 aliphatic rings. The summed E-state index contributed by atoms with van der Waals surface area (Å²) in [6.45, 7) is 6.05. The van der Waals surface area contributed by atoms with Crippen molar-refractivity contribution in [1.82, 2.24) is 15.0 Å². The van der Waals surface area contributed by atoms with Gasteiger partial charge in [-0.05, 0) is 43.0 Å². The Hall–Kier alpha value is -2.61. The van der Waals surface area contributed by atoms with Crippen molar-refractivity contribution >= 4 is 11.7 Å². The third-order valence-electron chi connectivity index (χ3n) is 4.78. The van der Waals surface area contributed by atoms with E-state index >= 15 is 0 Å². The summed E-state index contributed by atoms with van der Waals surface area (Å²) in [4.78, 5) is 18.7. The molecular weight excluding hydrogens is 372 g/mol. The van der Waals surface area contributed by atoms with Crippen molar-refractivity contribution in [1.29, 1.82) is 0 Å². The molecule has 1 fully saturated rings. The van der Waals surface area contributed by atoms with E-state index in [0.717, 1.165) is 37.2 Å². The number of rotatable bonds is 8. The van der Waals surface area contributed by atoms with E-state index in [0.29, 0.717) is 37.2 Å². The number of aromatic nitrogens is 2. The van der Waals surface area contributed by atoms with Crippen LogP contribution in [0.4, 0.5) is 10.5 Å². The van der Waals surface area contributed by atoms with Crippen LogP contribution in [-0.4, -0.2) is 54.0 Å². The van der Waals surface area contributed by atoms with Crippen molar-refractivity contribution in [3.8, 4) is 5.75 Å². The van der Waals surface area contributed by atoms with Crippen molar-refractivity contribution < 1.29 is 18.8 Å². The van der Waals surface area contributed by atoms with Crippen LogP contribution >= 0.6 is 0 Å². The zero-order valence-electron chi connectivity index (χ0n) is 17.4. The number of piperidine rings is 1. The van der Waals surface area contributed by atoms with Crippen molar-refractivity contribution in [2.75, 3.05) is 32.1 Å². The van der Waals surface area contributed by atoms with E-state index in [1.807, 2.05) is 24.3 Å². The number of amides is 2. The first kappa shape index (κ1) is 21.1. The van der Waals surface area contributed by atoms with Crippen LogP contribution in [0.15, 0.2) is 28.8 Å². The molecule has 2 amide bonds. The van der Waals surface area contributed by atoms with Crippen LogP contribution in [0.2, 0.25) is 0 Å². The Morgan fingerprint density at radius 2 is 2.14 bits per heavy atom. The highest BCUT2D eigenvalue weighted by atomic mass is 16.5. The second-order valence-corrected chi connectivity index (χ2v) is 7.69. The topological polar surface area (TPSA) is 89.7 Å². The van der Waals surface area contributed by atoms with Gasteiger partial charge >= 0.3 is 6.03 Å². The number of nitrogens with one attached hydrogen (secondary N) is 1. The highest BCUT2D eigenvalue weighted by Gasteiger charge is 2.24. The number of methoxy groups -OCH3 is 1. The molecule has 1 aromatic heterocycles. The van der Waals surface area contributed by atoms with E-state index in [-0.39, 0.29) is 12.1 Å². The van der Waals surface area contributed by atoms with Crippen LogP contribution in [0.3, 0.4) is 0 Å². The lowest BCUT2D eigenvalue weighted by Gasteiger charge is -2.32. The third kappa shape index (κ3) is 6.45. The number of ether oxygens (including phenoxy) is 2. The molecule has 0 bridgehead atoms. The maximum absolute atomic E-state index is 12.5. The van der Waals surface area contributed by atoms with Crippen LogP contribution in [0.1, 0.15) is 38.4 Å². The number of carbonyl (C=O) groups excluding carboxylic acids is 1. The average molecular weight is 402 g/mol. The smallest absolute Gasteiger partial charge is 0.321 e. The molecule has 158 valence electrons. The molecule has 8 heteroatoms. The maximum atomic E-state index is 12.5. The highest BCUT2D eigenvalue weighted by Crippen LogP contribution is 2.18. The Kier molecular flexibility index (Phi) is 7.46. The van der Waals surface area contributed by atoms with Gasteiger partial charge in [-0.1, -0.05) is 19.0 Å². The predicted molar refractivity (Wildman–Crippen MR) is 109 cm³/mol. The van der Waals surface area contributed by atoms with E-state index in [4.69, 9.17) is 14.0 Å². The van der Waals surface area contributed by atoms with Gasteiger partial charge < -0.3 is 24.2 Å². The summed E-state index contributed by atoms with van der Waals surface area (Å²) in [5.41, 5.74) is 0.744. The van der Waals surface area contributed by atoms with E-state index in [9.17, 15) is 4.79 Å². The summed E-state index contributed by atoms with van der Waals surface area (Å²) in [6, 6.07) is 7.19. The molecule has 0 aliphatic carbocycles. The first-order chi connectivity index (χ1) is 14.0. The monoisotopic (exact) mass is 402 g/mol. The number of anilines is 1. The molecule has 1 unspecified atom stereocenters. The van der Waals surface area contributed by atoms with Gasteiger partial charge in [-0.25, -0.2) is 4.79 Å². The molecule has 0 radical (unpaired) electrons. The fourth-order valence-corrected chi connectivity index (χ4v) is 3.28. The Morgan fingerprint density at radius 3 is 2.86 bits per heavy atom. The Morgan fingerprint density at radius 1 is 1.34 bits per heavy atom. The van der Waals surface area contributed by atoms with Crippen molar-refractivity contribution in [3.63, 3.8) is 0 Å². The predicted octanol–water partition coefficient (Wildman–Crippen LogP) is 3.53. The first-order valence-corrected chi connectivity index (χ1v) is 10.2. The third-order valence-corrected chi connectivity index (χ3v) is 4.78. The molecule has 29 heavy (non-hydrogen) atoms. The van der Waals surface area contributed by atoms with Crippen molar-refractivity contribution in [2.45, 2.75) is 45.6 Å². The van der Waals surface area contributed by atoms with Gasteiger partial charge in [0.05, 0.1) is 19.8 Å². The lowest BCUT2D eigenvalue weighted by atomic mass is 10.1. The molecule has 1 aromatic carbocycles. The number of carbonyl (C=O) groups is 1. The van der Waals surface area contributed by atoms with E-state index in [2.05, 4.69) is 29.3 Å². The van der Waals surface area contributed by atoms with E-state index < -0.39 is 0 Å². The van der Waals surface area contributed by atoms with Crippen LogP contribution < -0.4 is 10.1 Å². The highest BCUT2D eigenvalue weighted by molar-refractivity contribution is 5.89. The van der Waals surface area contributed by atoms with Gasteiger partial charge in [-0.15, -0.1) is 0 Å². The van der Waals surface area contributed by atoms with E-state index in [1.165, 1.54) is 0 Å². The van der Waals surface area contributed by atoms with Crippen LogP contribution in [0.5, 0.6) is 5.75 Å². The SMILES string of the molecule is COc1ccc(NC(=O)N2CCCC(OCCc3noc(CC(C)C)n3)C2)cc1. The summed E-state index contributed by atoms with van der Waals surface area (Å²) in [5.74, 6) is 2.59. The molecule has 8 nitrogen and oxygen atoms in total. The first-order valence-electron chi connectivity index (χ1n) is 10.2. The summed E-state index contributed by atoms with van der Waals surface area (Å²) >= 11 is 0. The average Bonchev–Trinajstić information content (AvgIpc) is 3.15. The fraction of sp³-hybridized carbons (Fsp3) is 0.571. The molecule has 2 aromatic rings. The minimum atomic E-state index is -0.111. The lowest BCUT2D eigenvalue weighted by Crippen LogP contribution is -2.45. The molecule has 2 heterocycles. The van der Waals surface area contributed by atoms with Gasteiger partial charge in [-0.3, -0.25) is 0 Å². The summed E-state index contributed by atoms with van der Waals surface area (Å²) < 4.78 is 16.4. The number of hydrogen-bond acceptors (Lipinski definition) is 6. The fourth-order valence-electron chi connectivity index (χ4n) is 3.28. The minimum absolute atomic E-state index is 0.0207. The van der Waals surface area contributed by atoms with Crippen molar-refractivity contribution in [3.05, 3.63) is 36.0 Å². The molecule has 0 spiro atoms. The number of nitrogens with zero attached hydrogens (tertiary/aromatic N) is 3. The molecular formula is C21H30N4O4. The van der Waals surface area contributed by atoms with Crippen LogP contribution in [0.25, 0.3) is 0 Å². The molecule has 1 aliphatic heterocycles. The van der Waals surface area contributed by atoms with Gasteiger partial charge in [0.25, 0.3) is 0 Å². The molecule has 3 rings (SSSR count). The summed E-state index contributed by atoms with van der Waals surface area (Å²) in [7, 11) is 1.62. The number of likely N-dealkylation sites (tertiary alicyclic amines) is 1. The van der Waals surface area contributed by atoms with Crippen LogP contribution in [0, 0.1) is 5.92 Å². The minimum Gasteiger partial charge on any atom is -0.497 e. The Labute approximate surface area is 171 Å². The zero-order chi connectivity index (χ0) is 20.6. The van der Waals surface area contributed by atoms with Gasteiger partial charge in [0, 0.05) is 31.6 Å². The van der Waals surface area contributed by atoms with Gasteiger partial charge in [0.2, 0.25) is 5.89 Å². The second kappa shape index (κ2) is 10.2. The molecule has 0 saturated carbocycles. The number of hydrogen-bond donors (Lipinski definition) is 1. The Bertz CT molecular complexity index is 775. The van der Waals surface area contributed by atoms with Gasteiger partial charge in [-0.2, -0.15) is 4.98 Å². The zero-order valence-corrected chi connectivity index (χ0v) is 17.4.